The number of rotatable bonds is 6. The van der Waals surface area contributed by atoms with Gasteiger partial charge in [-0.15, -0.1) is 0 Å². The molecule has 29 heavy (non-hydrogen) atoms. The largest absolute Gasteiger partial charge is 0.493 e. The van der Waals surface area contributed by atoms with E-state index < -0.39 is 10.8 Å². The van der Waals surface area contributed by atoms with Gasteiger partial charge in [-0.25, -0.2) is 0 Å². The van der Waals surface area contributed by atoms with Crippen LogP contribution in [0.4, 0.5) is 17.1 Å². The van der Waals surface area contributed by atoms with Crippen LogP contribution in [0.3, 0.4) is 0 Å². The lowest BCUT2D eigenvalue weighted by atomic mass is 10.1. The topological polar surface area (TPSA) is 111 Å². The number of nitro benzene ring substituents is 1. The van der Waals surface area contributed by atoms with Gasteiger partial charge in [0.1, 0.15) is 0 Å². The summed E-state index contributed by atoms with van der Waals surface area (Å²) in [4.78, 5) is 37.3. The molecule has 1 atom stereocenters. The predicted molar refractivity (Wildman–Crippen MR) is 106 cm³/mol. The molecule has 9 heteroatoms. The molecule has 0 spiro atoms. The van der Waals surface area contributed by atoms with E-state index in [0.29, 0.717) is 28.4 Å². The Bertz CT molecular complexity index is 975. The maximum absolute atomic E-state index is 12.7. The Hall–Kier alpha value is -3.62. The number of hydrogen-bond donors (Lipinski definition) is 1. The summed E-state index contributed by atoms with van der Waals surface area (Å²) in [6.45, 7) is 1.78. The van der Waals surface area contributed by atoms with Crippen molar-refractivity contribution in [2.45, 2.75) is 13.3 Å². The third-order valence-corrected chi connectivity index (χ3v) is 4.93. The number of carbonyl (C=O) groups is 2. The van der Waals surface area contributed by atoms with Crippen LogP contribution in [0.5, 0.6) is 11.5 Å². The molecule has 0 aliphatic carbocycles. The van der Waals surface area contributed by atoms with Crippen LogP contribution in [0.25, 0.3) is 0 Å². The molecule has 0 radical (unpaired) electrons. The van der Waals surface area contributed by atoms with Crippen molar-refractivity contribution in [1.29, 1.82) is 0 Å². The lowest BCUT2D eigenvalue weighted by Gasteiger charge is -2.18. The first-order valence-corrected chi connectivity index (χ1v) is 8.93. The first-order chi connectivity index (χ1) is 13.8. The van der Waals surface area contributed by atoms with E-state index in [1.54, 1.807) is 31.2 Å². The van der Waals surface area contributed by atoms with Gasteiger partial charge in [0, 0.05) is 30.8 Å². The van der Waals surface area contributed by atoms with Gasteiger partial charge < -0.3 is 19.7 Å². The number of anilines is 2. The van der Waals surface area contributed by atoms with E-state index in [-0.39, 0.29) is 30.5 Å². The Morgan fingerprint density at radius 3 is 2.59 bits per heavy atom. The van der Waals surface area contributed by atoms with Gasteiger partial charge in [0.2, 0.25) is 11.8 Å². The molecule has 1 fully saturated rings. The fourth-order valence-corrected chi connectivity index (χ4v) is 3.32. The van der Waals surface area contributed by atoms with E-state index in [1.165, 1.54) is 31.3 Å². The Morgan fingerprint density at radius 1 is 1.21 bits per heavy atom. The highest BCUT2D eigenvalue weighted by atomic mass is 16.6. The molecule has 9 nitrogen and oxygen atoms in total. The quantitative estimate of drug-likeness (QED) is 0.591. The molecule has 1 unspecified atom stereocenters. The second-order valence-corrected chi connectivity index (χ2v) is 6.64. The van der Waals surface area contributed by atoms with Gasteiger partial charge in [0.25, 0.3) is 5.69 Å². The highest BCUT2D eigenvalue weighted by Crippen LogP contribution is 2.34. The summed E-state index contributed by atoms with van der Waals surface area (Å²) in [5.74, 6) is -0.0939. The molecule has 1 aliphatic heterocycles. The summed E-state index contributed by atoms with van der Waals surface area (Å²) in [7, 11) is 3.03. The number of nitrogens with one attached hydrogen (secondary N) is 1. The monoisotopic (exact) mass is 399 g/mol. The smallest absolute Gasteiger partial charge is 0.274 e. The normalized spacial score (nSPS) is 15.9. The third kappa shape index (κ3) is 3.98. The highest BCUT2D eigenvalue weighted by Gasteiger charge is 2.35. The van der Waals surface area contributed by atoms with Crippen LogP contribution >= 0.6 is 0 Å². The van der Waals surface area contributed by atoms with Crippen molar-refractivity contribution in [2.75, 3.05) is 31.0 Å². The number of nitro groups is 1. The zero-order chi connectivity index (χ0) is 21.1. The van der Waals surface area contributed by atoms with Gasteiger partial charge in [0.15, 0.2) is 11.5 Å². The number of nitrogens with zero attached hydrogens (tertiary/aromatic N) is 2. The van der Waals surface area contributed by atoms with Gasteiger partial charge in [-0.2, -0.15) is 0 Å². The number of carbonyl (C=O) groups excluding carboxylic acids is 2. The second kappa shape index (κ2) is 8.17. The Balaban J connectivity index is 1.76. The average molecular weight is 399 g/mol. The fraction of sp³-hybridized carbons (Fsp3) is 0.300. The second-order valence-electron chi connectivity index (χ2n) is 6.64. The van der Waals surface area contributed by atoms with Gasteiger partial charge in [-0.3, -0.25) is 19.7 Å². The lowest BCUT2D eigenvalue weighted by molar-refractivity contribution is -0.385. The lowest BCUT2D eigenvalue weighted by Crippen LogP contribution is -2.28. The van der Waals surface area contributed by atoms with E-state index in [4.69, 9.17) is 9.47 Å². The molecule has 0 aromatic heterocycles. The van der Waals surface area contributed by atoms with Crippen LogP contribution in [0.2, 0.25) is 0 Å². The molecular formula is C20H21N3O6. The standard InChI is InChI=1S/C20H21N3O6/c1-12-15(5-4-6-16(12)23(26)27)21-20(25)13-9-19(24)22(11-13)14-7-8-17(28-2)18(10-14)29-3/h4-8,10,13H,9,11H2,1-3H3,(H,21,25). The number of amides is 2. The van der Waals surface area contributed by atoms with Crippen molar-refractivity contribution in [2.24, 2.45) is 5.92 Å². The first-order valence-electron chi connectivity index (χ1n) is 8.93. The minimum atomic E-state index is -0.575. The van der Waals surface area contributed by atoms with Gasteiger partial charge in [-0.05, 0) is 25.1 Å². The summed E-state index contributed by atoms with van der Waals surface area (Å²) in [6.07, 6.45) is 0.0498. The van der Waals surface area contributed by atoms with Crippen LogP contribution in [0, 0.1) is 23.0 Å². The van der Waals surface area contributed by atoms with Crippen molar-refractivity contribution >= 4 is 28.9 Å². The molecule has 2 amide bonds. The third-order valence-electron chi connectivity index (χ3n) is 4.93. The molecule has 1 aliphatic rings. The van der Waals surface area contributed by atoms with Crippen molar-refractivity contribution < 1.29 is 24.0 Å². The highest BCUT2D eigenvalue weighted by molar-refractivity contribution is 6.04. The van der Waals surface area contributed by atoms with Crippen LogP contribution in [0.15, 0.2) is 36.4 Å². The van der Waals surface area contributed by atoms with E-state index in [0.717, 1.165) is 0 Å². The van der Waals surface area contributed by atoms with Crippen LogP contribution < -0.4 is 19.7 Å². The maximum Gasteiger partial charge on any atom is 0.274 e. The number of benzene rings is 2. The number of hydrogen-bond acceptors (Lipinski definition) is 6. The van der Waals surface area contributed by atoms with E-state index in [1.807, 2.05) is 0 Å². The van der Waals surface area contributed by atoms with Crippen molar-refractivity contribution in [3.63, 3.8) is 0 Å². The molecule has 2 aromatic rings. The summed E-state index contributed by atoms with van der Waals surface area (Å²) in [6, 6.07) is 9.59. The molecule has 2 aromatic carbocycles. The van der Waals surface area contributed by atoms with Crippen molar-refractivity contribution in [1.82, 2.24) is 0 Å². The Kier molecular flexibility index (Phi) is 5.67. The molecule has 0 saturated carbocycles. The molecule has 3 rings (SSSR count). The minimum Gasteiger partial charge on any atom is -0.493 e. The van der Waals surface area contributed by atoms with E-state index >= 15 is 0 Å². The summed E-state index contributed by atoms with van der Waals surface area (Å²) >= 11 is 0. The van der Waals surface area contributed by atoms with E-state index in [9.17, 15) is 19.7 Å². The zero-order valence-electron chi connectivity index (χ0n) is 16.3. The molecular weight excluding hydrogens is 378 g/mol. The Labute approximate surface area is 167 Å². The van der Waals surface area contributed by atoms with Crippen LogP contribution in [-0.4, -0.2) is 37.5 Å². The molecule has 0 bridgehead atoms. The first kappa shape index (κ1) is 20.1. The van der Waals surface area contributed by atoms with Crippen molar-refractivity contribution in [3.05, 3.63) is 52.1 Å². The maximum atomic E-state index is 12.7. The Morgan fingerprint density at radius 2 is 1.93 bits per heavy atom. The van der Waals surface area contributed by atoms with Crippen molar-refractivity contribution in [3.8, 4) is 11.5 Å². The number of methoxy groups -OCH3 is 2. The molecule has 1 saturated heterocycles. The molecule has 152 valence electrons. The predicted octanol–water partition coefficient (Wildman–Crippen LogP) is 2.91. The summed E-state index contributed by atoms with van der Waals surface area (Å²) in [5, 5.41) is 13.8. The molecule has 1 heterocycles. The average Bonchev–Trinajstić information content (AvgIpc) is 3.10. The zero-order valence-corrected chi connectivity index (χ0v) is 16.3. The van der Waals surface area contributed by atoms with Crippen LogP contribution in [-0.2, 0) is 9.59 Å². The number of ether oxygens (including phenoxy) is 2. The molecule has 1 N–H and O–H groups in total. The van der Waals surface area contributed by atoms with E-state index in [2.05, 4.69) is 5.32 Å². The SMILES string of the molecule is COc1ccc(N2CC(C(=O)Nc3cccc([N+](=O)[O-])c3C)CC2=O)cc1OC. The van der Waals surface area contributed by atoms with Crippen LogP contribution in [0.1, 0.15) is 12.0 Å². The minimum absolute atomic E-state index is 0.0498. The summed E-state index contributed by atoms with van der Waals surface area (Å²) in [5.41, 5.74) is 1.26. The fourth-order valence-electron chi connectivity index (χ4n) is 3.32. The van der Waals surface area contributed by atoms with Gasteiger partial charge in [0.05, 0.1) is 36.3 Å². The van der Waals surface area contributed by atoms with Gasteiger partial charge >= 0.3 is 0 Å². The summed E-state index contributed by atoms with van der Waals surface area (Å²) < 4.78 is 10.5. The van der Waals surface area contributed by atoms with Gasteiger partial charge in [-0.1, -0.05) is 6.07 Å².